The standard InChI is InChI=1S/C19H25ClN2O2/c1-3-4-5-8-21-13-16-10-17(20)19(18(11-16)23-2)24-14-15-7-6-9-22-12-15/h6-7,9-12,21H,3-5,8,13-14H2,1-2H3. The average molecular weight is 349 g/mol. The molecule has 130 valence electrons. The smallest absolute Gasteiger partial charge is 0.180 e. The van der Waals surface area contributed by atoms with Gasteiger partial charge < -0.3 is 14.8 Å². The number of pyridine rings is 1. The predicted octanol–water partition coefficient (Wildman–Crippen LogP) is 4.60. The molecule has 1 aromatic heterocycles. The van der Waals surface area contributed by atoms with Gasteiger partial charge in [0.05, 0.1) is 12.1 Å². The van der Waals surface area contributed by atoms with Gasteiger partial charge in [0, 0.05) is 24.5 Å². The Balaban J connectivity index is 1.98. The normalized spacial score (nSPS) is 10.6. The molecular weight excluding hydrogens is 324 g/mol. The summed E-state index contributed by atoms with van der Waals surface area (Å²) in [5.74, 6) is 1.22. The van der Waals surface area contributed by atoms with Crippen LogP contribution in [-0.2, 0) is 13.2 Å². The van der Waals surface area contributed by atoms with Gasteiger partial charge in [0.1, 0.15) is 6.61 Å². The van der Waals surface area contributed by atoms with Crippen LogP contribution < -0.4 is 14.8 Å². The number of ether oxygens (including phenoxy) is 2. The second-order valence-corrected chi connectivity index (χ2v) is 6.05. The molecule has 0 radical (unpaired) electrons. The van der Waals surface area contributed by atoms with Gasteiger partial charge in [-0.1, -0.05) is 37.4 Å². The zero-order valence-corrected chi connectivity index (χ0v) is 15.1. The fourth-order valence-corrected chi connectivity index (χ4v) is 2.67. The maximum atomic E-state index is 6.39. The lowest BCUT2D eigenvalue weighted by molar-refractivity contribution is 0.284. The zero-order chi connectivity index (χ0) is 17.2. The third kappa shape index (κ3) is 5.69. The highest BCUT2D eigenvalue weighted by molar-refractivity contribution is 6.32. The minimum Gasteiger partial charge on any atom is -0.493 e. The van der Waals surface area contributed by atoms with Gasteiger partial charge in [-0.2, -0.15) is 0 Å². The van der Waals surface area contributed by atoms with E-state index in [9.17, 15) is 0 Å². The van der Waals surface area contributed by atoms with E-state index in [0.29, 0.717) is 23.1 Å². The Hall–Kier alpha value is -1.78. The molecule has 0 fully saturated rings. The van der Waals surface area contributed by atoms with Gasteiger partial charge in [0.2, 0.25) is 0 Å². The number of unbranched alkanes of at least 4 members (excludes halogenated alkanes) is 2. The molecule has 0 atom stereocenters. The topological polar surface area (TPSA) is 43.4 Å². The van der Waals surface area contributed by atoms with Crippen LogP contribution in [-0.4, -0.2) is 18.6 Å². The lowest BCUT2D eigenvalue weighted by Crippen LogP contribution is -2.14. The molecule has 0 unspecified atom stereocenters. The number of halogens is 1. The third-order valence-corrected chi connectivity index (χ3v) is 3.96. The molecule has 0 bridgehead atoms. The summed E-state index contributed by atoms with van der Waals surface area (Å²) in [7, 11) is 1.63. The van der Waals surface area contributed by atoms with Crippen molar-refractivity contribution in [1.82, 2.24) is 10.3 Å². The highest BCUT2D eigenvalue weighted by Gasteiger charge is 2.12. The molecule has 0 saturated heterocycles. The lowest BCUT2D eigenvalue weighted by Gasteiger charge is -2.14. The molecule has 5 heteroatoms. The van der Waals surface area contributed by atoms with Crippen LogP contribution in [0.5, 0.6) is 11.5 Å². The Morgan fingerprint density at radius 1 is 1.21 bits per heavy atom. The van der Waals surface area contributed by atoms with E-state index in [1.54, 1.807) is 19.5 Å². The van der Waals surface area contributed by atoms with Gasteiger partial charge >= 0.3 is 0 Å². The van der Waals surface area contributed by atoms with Gasteiger partial charge in [-0.05, 0) is 36.7 Å². The van der Waals surface area contributed by atoms with Crippen molar-refractivity contribution >= 4 is 11.6 Å². The summed E-state index contributed by atoms with van der Waals surface area (Å²) >= 11 is 6.39. The summed E-state index contributed by atoms with van der Waals surface area (Å²) in [4.78, 5) is 4.08. The van der Waals surface area contributed by atoms with Gasteiger partial charge in [-0.15, -0.1) is 0 Å². The van der Waals surface area contributed by atoms with E-state index in [2.05, 4.69) is 17.2 Å². The average Bonchev–Trinajstić information content (AvgIpc) is 2.61. The second kappa shape index (κ2) is 10.2. The van der Waals surface area contributed by atoms with E-state index in [0.717, 1.165) is 24.2 Å². The van der Waals surface area contributed by atoms with Crippen molar-refractivity contribution in [1.29, 1.82) is 0 Å². The van der Waals surface area contributed by atoms with Gasteiger partial charge in [0.25, 0.3) is 0 Å². The molecule has 24 heavy (non-hydrogen) atoms. The van der Waals surface area contributed by atoms with Gasteiger partial charge in [0.15, 0.2) is 11.5 Å². The number of rotatable bonds is 10. The summed E-state index contributed by atoms with van der Waals surface area (Å²) in [6, 6.07) is 7.74. The van der Waals surface area contributed by atoms with Crippen LogP contribution in [0.4, 0.5) is 0 Å². The van der Waals surface area contributed by atoms with Crippen LogP contribution in [0.15, 0.2) is 36.7 Å². The van der Waals surface area contributed by atoms with Crippen LogP contribution in [0.1, 0.15) is 37.3 Å². The zero-order valence-electron chi connectivity index (χ0n) is 14.3. The molecule has 1 heterocycles. The second-order valence-electron chi connectivity index (χ2n) is 5.64. The quantitative estimate of drug-likeness (QED) is 0.637. The predicted molar refractivity (Wildman–Crippen MR) is 97.8 cm³/mol. The first-order chi connectivity index (χ1) is 11.7. The van der Waals surface area contributed by atoms with E-state index in [1.807, 2.05) is 24.3 Å². The van der Waals surface area contributed by atoms with E-state index < -0.39 is 0 Å². The summed E-state index contributed by atoms with van der Waals surface area (Å²) in [5.41, 5.74) is 2.07. The van der Waals surface area contributed by atoms with Crippen LogP contribution in [0, 0.1) is 0 Å². The fraction of sp³-hybridized carbons (Fsp3) is 0.421. The first kappa shape index (κ1) is 18.6. The fourth-order valence-electron chi connectivity index (χ4n) is 2.39. The SMILES string of the molecule is CCCCCNCc1cc(Cl)c(OCc2cccnc2)c(OC)c1. The number of nitrogens with one attached hydrogen (secondary N) is 1. The summed E-state index contributed by atoms with van der Waals surface area (Å²) < 4.78 is 11.3. The Morgan fingerprint density at radius 2 is 2.08 bits per heavy atom. The molecule has 0 spiro atoms. The summed E-state index contributed by atoms with van der Waals surface area (Å²) in [6.07, 6.45) is 7.17. The number of nitrogens with zero attached hydrogens (tertiary/aromatic N) is 1. The highest BCUT2D eigenvalue weighted by Crippen LogP contribution is 2.36. The molecule has 1 aromatic carbocycles. The number of aromatic nitrogens is 1. The first-order valence-electron chi connectivity index (χ1n) is 8.33. The highest BCUT2D eigenvalue weighted by atomic mass is 35.5. The van der Waals surface area contributed by atoms with E-state index >= 15 is 0 Å². The molecule has 0 aliphatic heterocycles. The first-order valence-corrected chi connectivity index (χ1v) is 8.71. The Labute approximate surface area is 149 Å². The molecule has 0 amide bonds. The minimum absolute atomic E-state index is 0.401. The molecule has 2 aromatic rings. The maximum absolute atomic E-state index is 6.39. The van der Waals surface area contributed by atoms with Gasteiger partial charge in [-0.3, -0.25) is 4.98 Å². The van der Waals surface area contributed by atoms with Crippen molar-refractivity contribution in [2.75, 3.05) is 13.7 Å². The molecule has 1 N–H and O–H groups in total. The van der Waals surface area contributed by atoms with Gasteiger partial charge in [-0.25, -0.2) is 0 Å². The molecular formula is C19H25ClN2O2. The van der Waals surface area contributed by atoms with Crippen LogP contribution >= 0.6 is 11.6 Å². The number of hydrogen-bond donors (Lipinski definition) is 1. The number of benzene rings is 1. The number of hydrogen-bond acceptors (Lipinski definition) is 4. The summed E-state index contributed by atoms with van der Waals surface area (Å²) in [6.45, 7) is 4.38. The monoisotopic (exact) mass is 348 g/mol. The third-order valence-electron chi connectivity index (χ3n) is 3.68. The van der Waals surface area contributed by atoms with E-state index in [4.69, 9.17) is 21.1 Å². The summed E-state index contributed by atoms with van der Waals surface area (Å²) in [5, 5.41) is 3.99. The minimum atomic E-state index is 0.401. The van der Waals surface area contributed by atoms with E-state index in [1.165, 1.54) is 19.3 Å². The Kier molecular flexibility index (Phi) is 7.86. The largest absolute Gasteiger partial charge is 0.493 e. The van der Waals surface area contributed by atoms with Crippen molar-refractivity contribution in [3.05, 3.63) is 52.8 Å². The number of methoxy groups -OCH3 is 1. The van der Waals surface area contributed by atoms with Crippen molar-refractivity contribution in [3.8, 4) is 11.5 Å². The van der Waals surface area contributed by atoms with Crippen molar-refractivity contribution in [3.63, 3.8) is 0 Å². The van der Waals surface area contributed by atoms with Crippen molar-refractivity contribution in [2.24, 2.45) is 0 Å². The molecule has 4 nitrogen and oxygen atoms in total. The lowest BCUT2D eigenvalue weighted by atomic mass is 10.2. The van der Waals surface area contributed by atoms with Crippen molar-refractivity contribution < 1.29 is 9.47 Å². The van der Waals surface area contributed by atoms with E-state index in [-0.39, 0.29) is 0 Å². The molecule has 2 rings (SSSR count). The maximum Gasteiger partial charge on any atom is 0.180 e. The van der Waals surface area contributed by atoms with Crippen LogP contribution in [0.25, 0.3) is 0 Å². The van der Waals surface area contributed by atoms with Crippen molar-refractivity contribution in [2.45, 2.75) is 39.3 Å². The van der Waals surface area contributed by atoms with Crippen LogP contribution in [0.3, 0.4) is 0 Å². The molecule has 0 aliphatic rings. The van der Waals surface area contributed by atoms with Crippen LogP contribution in [0.2, 0.25) is 5.02 Å². The Bertz CT molecular complexity index is 620. The molecule has 0 saturated carbocycles. The Morgan fingerprint density at radius 3 is 2.79 bits per heavy atom. The molecule has 0 aliphatic carbocycles.